The molecule has 3 aromatic carbocycles. The molecule has 3 aliphatic heterocycles. The number of aryl methyl sites for hydroxylation is 3. The van der Waals surface area contributed by atoms with Gasteiger partial charge in [0.05, 0.1) is 23.1 Å². The van der Waals surface area contributed by atoms with Gasteiger partial charge in [0.25, 0.3) is 0 Å². The smallest absolute Gasteiger partial charge is 0.385 e. The number of carboxylic acids is 1. The number of rotatable bonds is 2. The highest BCUT2D eigenvalue weighted by Crippen LogP contribution is 2.40. The summed E-state index contributed by atoms with van der Waals surface area (Å²) in [7, 11) is -4.13. The first-order valence-corrected chi connectivity index (χ1v) is 15.6. The van der Waals surface area contributed by atoms with Crippen LogP contribution in [0, 0.1) is 13.8 Å². The van der Waals surface area contributed by atoms with Crippen LogP contribution >= 0.6 is 23.2 Å². The lowest BCUT2D eigenvalue weighted by molar-refractivity contribution is -0.137. The molecule has 0 radical (unpaired) electrons. The second-order valence-electron chi connectivity index (χ2n) is 10.7. The summed E-state index contributed by atoms with van der Waals surface area (Å²) in [4.78, 5) is 12.1. The lowest BCUT2D eigenvalue weighted by Gasteiger charge is -2.29. The van der Waals surface area contributed by atoms with E-state index in [1.807, 2.05) is 32.0 Å². The van der Waals surface area contributed by atoms with E-state index in [0.29, 0.717) is 52.5 Å². The molecule has 0 saturated carbocycles. The summed E-state index contributed by atoms with van der Waals surface area (Å²) in [6.45, 7) is 4.79. The van der Waals surface area contributed by atoms with Crippen molar-refractivity contribution in [1.82, 2.24) is 19.3 Å². The lowest BCUT2D eigenvalue weighted by Crippen LogP contribution is -2.37. The maximum atomic E-state index is 13.2. The highest BCUT2D eigenvalue weighted by molar-refractivity contribution is 7.84. The van der Waals surface area contributed by atoms with Crippen molar-refractivity contribution in [2.45, 2.75) is 58.7 Å². The van der Waals surface area contributed by atoms with E-state index in [0.717, 1.165) is 28.7 Å². The molecular weight excluding hydrogens is 603 g/mol. The molecule has 0 spiro atoms. The lowest BCUT2D eigenvalue weighted by atomic mass is 9.84. The van der Waals surface area contributed by atoms with Crippen LogP contribution < -0.4 is 8.92 Å². The highest BCUT2D eigenvalue weighted by Gasteiger charge is 2.33. The quantitative estimate of drug-likeness (QED) is 0.296. The minimum atomic E-state index is -4.13. The normalized spacial score (nSPS) is 19.9. The molecule has 1 aromatic heterocycles. The van der Waals surface area contributed by atoms with E-state index < -0.39 is 22.2 Å². The summed E-state index contributed by atoms with van der Waals surface area (Å²) in [5, 5.41) is 19.3. The molecule has 1 unspecified atom stereocenters. The van der Waals surface area contributed by atoms with Gasteiger partial charge in [0, 0.05) is 37.2 Å². The SMILES string of the molecule is Cc1ccc2cc1CN1Cc3cc(c(Cl)cc3OS1(=O)=O)OCCCCn1nnc3c(C)c(cc(Cl)c31)[C@@H]2CC(=O)O. The van der Waals surface area contributed by atoms with E-state index in [4.69, 9.17) is 32.1 Å². The third kappa shape index (κ3) is 5.30. The molecule has 9 bridgehead atoms. The molecule has 0 aliphatic carbocycles. The van der Waals surface area contributed by atoms with Gasteiger partial charge < -0.3 is 14.0 Å². The largest absolute Gasteiger partial charge is 0.492 e. The summed E-state index contributed by atoms with van der Waals surface area (Å²) in [5.41, 5.74) is 5.74. The summed E-state index contributed by atoms with van der Waals surface area (Å²) in [6, 6.07) is 10.6. The van der Waals surface area contributed by atoms with Crippen LogP contribution in [0.3, 0.4) is 0 Å². The van der Waals surface area contributed by atoms with Crippen LogP contribution in [0.1, 0.15) is 58.6 Å². The van der Waals surface area contributed by atoms with E-state index in [1.54, 1.807) is 16.8 Å². The van der Waals surface area contributed by atoms with Crippen molar-refractivity contribution in [2.75, 3.05) is 6.61 Å². The van der Waals surface area contributed by atoms with Crippen molar-refractivity contribution >= 4 is 50.5 Å². The second kappa shape index (κ2) is 11.0. The zero-order chi connectivity index (χ0) is 29.8. The molecule has 0 amide bonds. The van der Waals surface area contributed by atoms with Crippen molar-refractivity contribution in [1.29, 1.82) is 0 Å². The molecule has 0 saturated heterocycles. The first-order valence-electron chi connectivity index (χ1n) is 13.5. The number of fused-ring (bicyclic) bond motifs is 5. The fourth-order valence-corrected chi connectivity index (χ4v) is 7.22. The Labute approximate surface area is 253 Å². The topological polar surface area (TPSA) is 124 Å². The maximum absolute atomic E-state index is 13.2. The van der Waals surface area contributed by atoms with Crippen LogP contribution in [0.5, 0.6) is 11.5 Å². The molecule has 3 aliphatic rings. The van der Waals surface area contributed by atoms with Crippen LogP contribution in [0.2, 0.25) is 10.0 Å². The van der Waals surface area contributed by atoms with Crippen molar-refractivity contribution in [3.05, 3.63) is 79.8 Å². The van der Waals surface area contributed by atoms with Crippen molar-refractivity contribution in [2.24, 2.45) is 0 Å². The summed E-state index contributed by atoms with van der Waals surface area (Å²) in [6.07, 6.45) is 1.22. The molecular formula is C29H28Cl2N4O6S. The first kappa shape index (κ1) is 28.7. The van der Waals surface area contributed by atoms with Crippen molar-refractivity contribution in [3.8, 4) is 11.5 Å². The number of aliphatic carboxylic acids is 1. The number of carbonyl (C=O) groups is 1. The van der Waals surface area contributed by atoms with Crippen LogP contribution in [-0.2, 0) is 34.7 Å². The van der Waals surface area contributed by atoms with Crippen LogP contribution in [0.25, 0.3) is 11.0 Å². The van der Waals surface area contributed by atoms with Crippen LogP contribution in [0.15, 0.2) is 36.4 Å². The van der Waals surface area contributed by atoms with Gasteiger partial charge in [-0.2, -0.15) is 12.7 Å². The molecule has 1 N–H and O–H groups in total. The van der Waals surface area contributed by atoms with Gasteiger partial charge in [-0.15, -0.1) is 5.10 Å². The molecule has 4 heterocycles. The average Bonchev–Trinajstić information content (AvgIpc) is 3.36. The van der Waals surface area contributed by atoms with Gasteiger partial charge in [-0.3, -0.25) is 4.79 Å². The van der Waals surface area contributed by atoms with Crippen molar-refractivity contribution < 1.29 is 27.2 Å². The van der Waals surface area contributed by atoms with E-state index >= 15 is 0 Å². The number of nitrogens with zero attached hydrogens (tertiary/aromatic N) is 4. The Kier molecular flexibility index (Phi) is 7.55. The van der Waals surface area contributed by atoms with Gasteiger partial charge >= 0.3 is 16.3 Å². The molecule has 13 heteroatoms. The number of benzene rings is 3. The van der Waals surface area contributed by atoms with E-state index in [1.165, 1.54) is 10.4 Å². The molecule has 42 heavy (non-hydrogen) atoms. The van der Waals surface area contributed by atoms with Gasteiger partial charge in [0.1, 0.15) is 22.5 Å². The van der Waals surface area contributed by atoms with E-state index in [-0.39, 0.29) is 30.3 Å². The highest BCUT2D eigenvalue weighted by atomic mass is 35.5. The number of aromatic nitrogens is 3. The fraction of sp³-hybridized carbons (Fsp3) is 0.345. The Morgan fingerprint density at radius 3 is 2.62 bits per heavy atom. The molecule has 4 aromatic rings. The standard InChI is InChI=1S/C29H28Cl2N4O6S/c1-16-5-6-18-9-19(16)14-34-15-20-10-26(23(30)13-25(20)41-42(34,38)39)40-8-4-3-7-35-29-24(31)11-21(22(18)12-27(36)37)17(2)28(29)32-33-35/h5-6,9-11,13,22H,3-4,7-8,12,14-15H2,1-2H3,(H,36,37)/t22-/m1/s1. The predicted octanol–water partition coefficient (Wildman–Crippen LogP) is 5.77. The molecule has 10 nitrogen and oxygen atoms in total. The number of carboxylic acid groups (broad SMARTS) is 1. The van der Waals surface area contributed by atoms with Gasteiger partial charge in [0.2, 0.25) is 0 Å². The van der Waals surface area contributed by atoms with E-state index in [2.05, 4.69) is 10.3 Å². The zero-order valence-corrected chi connectivity index (χ0v) is 25.3. The van der Waals surface area contributed by atoms with Crippen LogP contribution in [0.4, 0.5) is 0 Å². The third-order valence-electron chi connectivity index (χ3n) is 7.90. The van der Waals surface area contributed by atoms with Gasteiger partial charge in [-0.1, -0.05) is 46.6 Å². The van der Waals surface area contributed by atoms with Crippen molar-refractivity contribution in [3.63, 3.8) is 0 Å². The Morgan fingerprint density at radius 1 is 1.05 bits per heavy atom. The predicted molar refractivity (Wildman–Crippen MR) is 158 cm³/mol. The summed E-state index contributed by atoms with van der Waals surface area (Å²) in [5.74, 6) is -0.921. The number of hydrogen-bond donors (Lipinski definition) is 1. The fourth-order valence-electron chi connectivity index (χ4n) is 5.63. The zero-order valence-electron chi connectivity index (χ0n) is 22.9. The Hall–Kier alpha value is -3.38. The number of ether oxygens (including phenoxy) is 1. The second-order valence-corrected chi connectivity index (χ2v) is 13.0. The molecule has 7 rings (SSSR count). The van der Waals surface area contributed by atoms with Gasteiger partial charge in [0.15, 0.2) is 0 Å². The van der Waals surface area contributed by atoms with E-state index in [9.17, 15) is 18.3 Å². The monoisotopic (exact) mass is 630 g/mol. The molecule has 220 valence electrons. The minimum Gasteiger partial charge on any atom is -0.492 e. The Bertz CT molecular complexity index is 1840. The van der Waals surface area contributed by atoms with Gasteiger partial charge in [-0.05, 0) is 66.6 Å². The summed E-state index contributed by atoms with van der Waals surface area (Å²) >= 11 is 13.2. The summed E-state index contributed by atoms with van der Waals surface area (Å²) < 4.78 is 40.7. The molecule has 2 atom stereocenters. The Balaban J connectivity index is 1.50. The number of halogens is 2. The van der Waals surface area contributed by atoms with Crippen LogP contribution in [-0.4, -0.2) is 45.4 Å². The van der Waals surface area contributed by atoms with Gasteiger partial charge in [-0.25, -0.2) is 4.68 Å². The first-order chi connectivity index (χ1) is 20.0. The average molecular weight is 632 g/mol. The number of hydrogen-bond acceptors (Lipinski definition) is 7. The maximum Gasteiger partial charge on any atom is 0.385 e. The Morgan fingerprint density at radius 2 is 1.83 bits per heavy atom. The minimum absolute atomic E-state index is 0.0210. The molecule has 0 fully saturated rings. The third-order valence-corrected chi connectivity index (χ3v) is 9.77.